The fraction of sp³-hybridized carbons (Fsp3) is 0.333. The first-order chi connectivity index (χ1) is 13.1. The third-order valence-corrected chi connectivity index (χ3v) is 5.09. The smallest absolute Gasteiger partial charge is 0.411 e. The van der Waals surface area contributed by atoms with Crippen molar-refractivity contribution in [2.24, 2.45) is 0 Å². The van der Waals surface area contributed by atoms with Crippen LogP contribution in [0, 0.1) is 0 Å². The summed E-state index contributed by atoms with van der Waals surface area (Å²) in [6.45, 7) is -1.49. The number of rotatable bonds is 9. The number of nitrogens with one attached hydrogen (secondary N) is 1. The van der Waals surface area contributed by atoms with Crippen molar-refractivity contribution in [3.63, 3.8) is 0 Å². The van der Waals surface area contributed by atoms with Gasteiger partial charge in [0.05, 0.1) is 25.7 Å². The van der Waals surface area contributed by atoms with Crippen molar-refractivity contribution in [3.05, 3.63) is 53.6 Å². The van der Waals surface area contributed by atoms with Crippen molar-refractivity contribution in [3.8, 4) is 11.5 Å². The molecule has 1 N–H and O–H groups in total. The van der Waals surface area contributed by atoms with Gasteiger partial charge in [-0.05, 0) is 23.3 Å². The van der Waals surface area contributed by atoms with Gasteiger partial charge < -0.3 is 14.2 Å². The molecule has 0 aliphatic carbocycles. The monoisotopic (exact) mass is 419 g/mol. The second-order valence-electron chi connectivity index (χ2n) is 5.77. The molecule has 0 heterocycles. The van der Waals surface area contributed by atoms with Crippen molar-refractivity contribution in [1.82, 2.24) is 4.72 Å². The second-order valence-corrected chi connectivity index (χ2v) is 7.53. The van der Waals surface area contributed by atoms with E-state index in [1.54, 1.807) is 24.3 Å². The number of ether oxygens (including phenoxy) is 3. The van der Waals surface area contributed by atoms with Crippen LogP contribution in [0.5, 0.6) is 11.5 Å². The van der Waals surface area contributed by atoms with Gasteiger partial charge in [-0.25, -0.2) is 13.1 Å². The lowest BCUT2D eigenvalue weighted by Gasteiger charge is -2.11. The number of benzene rings is 2. The van der Waals surface area contributed by atoms with E-state index in [9.17, 15) is 21.6 Å². The minimum atomic E-state index is -4.37. The number of hydrogen-bond donors (Lipinski definition) is 1. The van der Waals surface area contributed by atoms with Crippen LogP contribution < -0.4 is 14.2 Å². The van der Waals surface area contributed by atoms with Gasteiger partial charge in [-0.15, -0.1) is 0 Å². The van der Waals surface area contributed by atoms with Gasteiger partial charge in [0.25, 0.3) is 0 Å². The maximum atomic E-state index is 12.4. The molecule has 28 heavy (non-hydrogen) atoms. The molecule has 2 aromatic carbocycles. The lowest BCUT2D eigenvalue weighted by Crippen LogP contribution is -2.23. The average Bonchev–Trinajstić information content (AvgIpc) is 2.65. The predicted octanol–water partition coefficient (Wildman–Crippen LogP) is 3.26. The molecule has 0 unspecified atom stereocenters. The highest BCUT2D eigenvalue weighted by molar-refractivity contribution is 7.89. The van der Waals surface area contributed by atoms with Gasteiger partial charge >= 0.3 is 6.18 Å². The van der Waals surface area contributed by atoms with Crippen LogP contribution in [0.15, 0.2) is 47.4 Å². The molecule has 6 nitrogen and oxygen atoms in total. The predicted molar refractivity (Wildman–Crippen MR) is 95.7 cm³/mol. The van der Waals surface area contributed by atoms with Crippen molar-refractivity contribution in [1.29, 1.82) is 0 Å². The van der Waals surface area contributed by atoms with E-state index in [4.69, 9.17) is 9.47 Å². The van der Waals surface area contributed by atoms with Gasteiger partial charge in [0, 0.05) is 12.6 Å². The molecule has 0 aliphatic heterocycles. The van der Waals surface area contributed by atoms with E-state index >= 15 is 0 Å². The second kappa shape index (κ2) is 9.26. The van der Waals surface area contributed by atoms with Gasteiger partial charge in [0.1, 0.15) is 6.61 Å². The Morgan fingerprint density at radius 2 is 1.54 bits per heavy atom. The van der Waals surface area contributed by atoms with Crippen LogP contribution in [-0.4, -0.2) is 35.4 Å². The van der Waals surface area contributed by atoms with Gasteiger partial charge in [-0.1, -0.05) is 24.3 Å². The number of halogens is 3. The first-order valence-electron chi connectivity index (χ1n) is 8.08. The molecular formula is C18H20F3NO5S. The lowest BCUT2D eigenvalue weighted by molar-refractivity contribution is -0.176. The van der Waals surface area contributed by atoms with Crippen LogP contribution in [0.1, 0.15) is 11.1 Å². The molecule has 2 aromatic rings. The van der Waals surface area contributed by atoms with E-state index in [1.165, 1.54) is 32.4 Å². The van der Waals surface area contributed by atoms with Gasteiger partial charge in [0.15, 0.2) is 11.5 Å². The molecule has 0 spiro atoms. The zero-order valence-electron chi connectivity index (χ0n) is 15.2. The Bertz CT molecular complexity index is 883. The average molecular weight is 419 g/mol. The number of methoxy groups -OCH3 is 2. The van der Waals surface area contributed by atoms with Crippen molar-refractivity contribution < 1.29 is 35.8 Å². The van der Waals surface area contributed by atoms with E-state index < -0.39 is 22.8 Å². The van der Waals surface area contributed by atoms with Crippen LogP contribution in [0.25, 0.3) is 0 Å². The van der Waals surface area contributed by atoms with Crippen molar-refractivity contribution in [2.75, 3.05) is 20.8 Å². The highest BCUT2D eigenvalue weighted by atomic mass is 32.2. The summed E-state index contributed by atoms with van der Waals surface area (Å²) in [7, 11) is -0.941. The largest absolute Gasteiger partial charge is 0.493 e. The topological polar surface area (TPSA) is 73.9 Å². The molecule has 2 rings (SSSR count). The molecule has 154 valence electrons. The first-order valence-corrected chi connectivity index (χ1v) is 9.57. The SMILES string of the molecule is COc1ccc(S(=O)(=O)NCc2ccc(COCC(F)(F)F)cc2)cc1OC. The van der Waals surface area contributed by atoms with E-state index in [0.717, 1.165) is 0 Å². The standard InChI is InChI=1S/C18H20F3NO5S/c1-25-16-8-7-15(9-17(16)26-2)28(23,24)22-10-13-3-5-14(6-4-13)11-27-12-18(19,20)21/h3-9,22H,10-12H2,1-2H3. The Morgan fingerprint density at radius 3 is 2.11 bits per heavy atom. The molecule has 0 radical (unpaired) electrons. The molecule has 0 bridgehead atoms. The molecule has 0 aromatic heterocycles. The Hall–Kier alpha value is -2.30. The summed E-state index contributed by atoms with van der Waals surface area (Å²) in [5, 5.41) is 0. The molecule has 0 amide bonds. The van der Waals surface area contributed by atoms with Gasteiger partial charge in [-0.3, -0.25) is 0 Å². The van der Waals surface area contributed by atoms with Crippen molar-refractivity contribution in [2.45, 2.75) is 24.2 Å². The van der Waals surface area contributed by atoms with Crippen LogP contribution in [0.3, 0.4) is 0 Å². The van der Waals surface area contributed by atoms with E-state index in [1.807, 2.05) is 0 Å². The molecule has 0 saturated carbocycles. The summed E-state index contributed by atoms with van der Waals surface area (Å²) < 4.78 is 78.3. The number of alkyl halides is 3. The van der Waals surface area contributed by atoms with Crippen LogP contribution in [0.2, 0.25) is 0 Å². The minimum Gasteiger partial charge on any atom is -0.493 e. The number of hydrogen-bond acceptors (Lipinski definition) is 5. The Balaban J connectivity index is 1.97. The third kappa shape index (κ3) is 6.39. The van der Waals surface area contributed by atoms with Crippen LogP contribution in [0.4, 0.5) is 13.2 Å². The molecule has 0 atom stereocenters. The zero-order chi connectivity index (χ0) is 20.8. The van der Waals surface area contributed by atoms with E-state index in [0.29, 0.717) is 16.9 Å². The summed E-state index contributed by atoms with van der Waals surface area (Å²) in [6.07, 6.45) is -4.37. The highest BCUT2D eigenvalue weighted by Crippen LogP contribution is 2.29. The summed E-state index contributed by atoms with van der Waals surface area (Å²) >= 11 is 0. The third-order valence-electron chi connectivity index (χ3n) is 3.69. The highest BCUT2D eigenvalue weighted by Gasteiger charge is 2.27. The first kappa shape index (κ1) is 22.0. The summed E-state index contributed by atoms with van der Waals surface area (Å²) in [4.78, 5) is 0.0160. The van der Waals surface area contributed by atoms with Gasteiger partial charge in [-0.2, -0.15) is 13.2 Å². The van der Waals surface area contributed by atoms with Crippen molar-refractivity contribution >= 4 is 10.0 Å². The normalized spacial score (nSPS) is 12.0. The Labute approximate surface area is 161 Å². The zero-order valence-corrected chi connectivity index (χ0v) is 16.1. The minimum absolute atomic E-state index is 0.0143. The lowest BCUT2D eigenvalue weighted by atomic mass is 10.1. The maximum Gasteiger partial charge on any atom is 0.411 e. The molecular weight excluding hydrogens is 399 g/mol. The maximum absolute atomic E-state index is 12.4. The fourth-order valence-corrected chi connectivity index (χ4v) is 3.32. The fourth-order valence-electron chi connectivity index (χ4n) is 2.28. The van der Waals surface area contributed by atoms with Crippen LogP contribution in [-0.2, 0) is 27.9 Å². The molecule has 10 heteroatoms. The summed E-state index contributed by atoms with van der Waals surface area (Å²) in [6, 6.07) is 10.6. The molecule has 0 saturated heterocycles. The number of sulfonamides is 1. The van der Waals surface area contributed by atoms with E-state index in [-0.39, 0.29) is 23.8 Å². The Kier molecular flexibility index (Phi) is 7.28. The van der Waals surface area contributed by atoms with Gasteiger partial charge in [0.2, 0.25) is 10.0 Å². The summed E-state index contributed by atoms with van der Waals surface area (Å²) in [5.74, 6) is 0.693. The molecule has 0 aliphatic rings. The van der Waals surface area contributed by atoms with E-state index in [2.05, 4.69) is 9.46 Å². The van der Waals surface area contributed by atoms with Crippen LogP contribution >= 0.6 is 0 Å². The quantitative estimate of drug-likeness (QED) is 0.676. The Morgan fingerprint density at radius 1 is 0.929 bits per heavy atom. The summed E-state index contributed by atoms with van der Waals surface area (Å²) in [5.41, 5.74) is 1.19. The molecule has 0 fully saturated rings.